The van der Waals surface area contributed by atoms with Gasteiger partial charge in [0.2, 0.25) is 0 Å². The van der Waals surface area contributed by atoms with Gasteiger partial charge in [0.05, 0.1) is 0 Å². The van der Waals surface area contributed by atoms with E-state index in [-0.39, 0.29) is 5.41 Å². The highest BCUT2D eigenvalue weighted by molar-refractivity contribution is 5.71. The number of anilines is 1. The normalized spacial score (nSPS) is 13.3. The molecule has 1 N–H and O–H groups in total. The SMILES string of the molecule is CC(C)C(C)Nc1ccc(-c2ccc(-c3ccc(C(C)(C)CC(C)(C)C)cc3)cc2)cc1. The molecule has 1 heteroatoms. The van der Waals surface area contributed by atoms with Gasteiger partial charge in [-0.1, -0.05) is 109 Å². The molecule has 0 aliphatic carbocycles. The summed E-state index contributed by atoms with van der Waals surface area (Å²) in [6, 6.07) is 27.3. The lowest BCUT2D eigenvalue weighted by atomic mass is 9.72. The summed E-state index contributed by atoms with van der Waals surface area (Å²) in [6.07, 6.45) is 1.17. The average molecular weight is 428 g/mol. The van der Waals surface area contributed by atoms with Gasteiger partial charge in [-0.15, -0.1) is 0 Å². The molecule has 0 saturated heterocycles. The lowest BCUT2D eigenvalue weighted by molar-refractivity contribution is 0.284. The largest absolute Gasteiger partial charge is 0.382 e. The Morgan fingerprint density at radius 1 is 0.594 bits per heavy atom. The van der Waals surface area contributed by atoms with E-state index in [0.717, 1.165) is 0 Å². The lowest BCUT2D eigenvalue weighted by Crippen LogP contribution is -2.24. The van der Waals surface area contributed by atoms with Crippen LogP contribution < -0.4 is 5.32 Å². The van der Waals surface area contributed by atoms with Crippen molar-refractivity contribution in [1.29, 1.82) is 0 Å². The van der Waals surface area contributed by atoms with Crippen LogP contribution in [0.25, 0.3) is 22.3 Å². The highest BCUT2D eigenvalue weighted by Gasteiger charge is 2.27. The fourth-order valence-corrected chi connectivity index (χ4v) is 4.59. The summed E-state index contributed by atoms with van der Waals surface area (Å²) in [5.41, 5.74) is 8.12. The first kappa shape index (κ1) is 24.1. The molecule has 1 nitrogen and oxygen atoms in total. The second kappa shape index (κ2) is 9.53. The van der Waals surface area contributed by atoms with Gasteiger partial charge in [0.1, 0.15) is 0 Å². The molecule has 3 rings (SSSR count). The number of rotatable bonds is 7. The molecule has 32 heavy (non-hydrogen) atoms. The summed E-state index contributed by atoms with van der Waals surface area (Å²) >= 11 is 0. The van der Waals surface area contributed by atoms with E-state index in [4.69, 9.17) is 0 Å². The number of hydrogen-bond acceptors (Lipinski definition) is 1. The molecule has 0 fully saturated rings. The van der Waals surface area contributed by atoms with Crippen LogP contribution in [-0.4, -0.2) is 6.04 Å². The second-order valence-electron chi connectivity index (χ2n) is 11.5. The Balaban J connectivity index is 1.72. The number of nitrogens with one attached hydrogen (secondary N) is 1. The highest BCUT2D eigenvalue weighted by Crippen LogP contribution is 2.37. The standard InChI is InChI=1S/C31H41N/c1-22(2)23(3)32-29-19-15-27(16-20-29)25-11-9-24(10-12-25)26-13-17-28(18-14-26)31(7,8)21-30(4,5)6/h9-20,22-23,32H,21H2,1-8H3. The van der Waals surface area contributed by atoms with Crippen LogP contribution in [0.2, 0.25) is 0 Å². The summed E-state index contributed by atoms with van der Waals surface area (Å²) < 4.78 is 0. The Labute approximate surface area is 196 Å². The zero-order valence-electron chi connectivity index (χ0n) is 21.3. The first-order valence-electron chi connectivity index (χ1n) is 12.0. The predicted molar refractivity (Wildman–Crippen MR) is 142 cm³/mol. The zero-order chi connectivity index (χ0) is 23.5. The molecule has 170 valence electrons. The maximum Gasteiger partial charge on any atom is 0.0342 e. The lowest BCUT2D eigenvalue weighted by Gasteiger charge is -2.33. The van der Waals surface area contributed by atoms with E-state index in [2.05, 4.69) is 134 Å². The molecular formula is C31H41N. The average Bonchev–Trinajstić information content (AvgIpc) is 2.73. The van der Waals surface area contributed by atoms with Gasteiger partial charge in [-0.05, 0) is 70.0 Å². The number of benzene rings is 3. The third-order valence-corrected chi connectivity index (χ3v) is 6.47. The third-order valence-electron chi connectivity index (χ3n) is 6.47. The fraction of sp³-hybridized carbons (Fsp3) is 0.419. The molecule has 1 unspecified atom stereocenters. The van der Waals surface area contributed by atoms with Crippen LogP contribution >= 0.6 is 0 Å². The van der Waals surface area contributed by atoms with E-state index in [0.29, 0.717) is 17.4 Å². The van der Waals surface area contributed by atoms with Crippen molar-refractivity contribution in [2.75, 3.05) is 5.32 Å². The molecule has 3 aromatic rings. The van der Waals surface area contributed by atoms with E-state index in [1.807, 2.05) is 0 Å². The molecule has 0 aromatic heterocycles. The van der Waals surface area contributed by atoms with Crippen LogP contribution in [0, 0.1) is 11.3 Å². The van der Waals surface area contributed by atoms with Gasteiger partial charge in [-0.3, -0.25) is 0 Å². The fourth-order valence-electron chi connectivity index (χ4n) is 4.59. The molecule has 0 aliphatic rings. The van der Waals surface area contributed by atoms with Crippen molar-refractivity contribution in [1.82, 2.24) is 0 Å². The van der Waals surface area contributed by atoms with Crippen LogP contribution in [0.15, 0.2) is 72.8 Å². The van der Waals surface area contributed by atoms with E-state index in [9.17, 15) is 0 Å². The quantitative estimate of drug-likeness (QED) is 0.396. The topological polar surface area (TPSA) is 12.0 Å². The van der Waals surface area contributed by atoms with E-state index in [1.165, 1.54) is 39.9 Å². The molecule has 0 spiro atoms. The van der Waals surface area contributed by atoms with Crippen LogP contribution in [0.4, 0.5) is 5.69 Å². The van der Waals surface area contributed by atoms with E-state index < -0.39 is 0 Å². The Morgan fingerprint density at radius 3 is 1.34 bits per heavy atom. The van der Waals surface area contributed by atoms with Gasteiger partial charge in [-0.2, -0.15) is 0 Å². The molecule has 0 amide bonds. The van der Waals surface area contributed by atoms with E-state index in [1.54, 1.807) is 0 Å². The first-order chi connectivity index (χ1) is 14.9. The van der Waals surface area contributed by atoms with Gasteiger partial charge in [0.15, 0.2) is 0 Å². The Hall–Kier alpha value is -2.54. The van der Waals surface area contributed by atoms with Crippen molar-refractivity contribution in [2.24, 2.45) is 11.3 Å². The molecule has 1 atom stereocenters. The Bertz CT molecular complexity index is 984. The van der Waals surface area contributed by atoms with Crippen LogP contribution in [0.5, 0.6) is 0 Å². The minimum absolute atomic E-state index is 0.175. The van der Waals surface area contributed by atoms with Crippen molar-refractivity contribution in [3.05, 3.63) is 78.4 Å². The summed E-state index contributed by atoms with van der Waals surface area (Å²) in [4.78, 5) is 0. The van der Waals surface area contributed by atoms with Gasteiger partial charge < -0.3 is 5.32 Å². The first-order valence-corrected chi connectivity index (χ1v) is 12.0. The monoisotopic (exact) mass is 427 g/mol. The molecule has 0 heterocycles. The van der Waals surface area contributed by atoms with Crippen LogP contribution in [0.3, 0.4) is 0 Å². The molecule has 0 aliphatic heterocycles. The van der Waals surface area contributed by atoms with E-state index >= 15 is 0 Å². The van der Waals surface area contributed by atoms with Crippen LogP contribution in [-0.2, 0) is 5.41 Å². The highest BCUT2D eigenvalue weighted by atomic mass is 14.9. The van der Waals surface area contributed by atoms with Crippen molar-refractivity contribution >= 4 is 5.69 Å². The Kier molecular flexibility index (Phi) is 7.18. The maximum atomic E-state index is 3.58. The van der Waals surface area contributed by atoms with Crippen molar-refractivity contribution in [3.63, 3.8) is 0 Å². The molecule has 0 bridgehead atoms. The van der Waals surface area contributed by atoms with Crippen molar-refractivity contribution in [2.45, 2.75) is 73.3 Å². The minimum atomic E-state index is 0.175. The summed E-state index contributed by atoms with van der Waals surface area (Å²) in [5, 5.41) is 3.58. The molecule has 3 aromatic carbocycles. The van der Waals surface area contributed by atoms with Gasteiger partial charge in [-0.25, -0.2) is 0 Å². The van der Waals surface area contributed by atoms with Gasteiger partial charge >= 0.3 is 0 Å². The van der Waals surface area contributed by atoms with Gasteiger partial charge in [0, 0.05) is 11.7 Å². The van der Waals surface area contributed by atoms with Crippen molar-refractivity contribution in [3.8, 4) is 22.3 Å². The van der Waals surface area contributed by atoms with Gasteiger partial charge in [0.25, 0.3) is 0 Å². The second-order valence-corrected chi connectivity index (χ2v) is 11.5. The third kappa shape index (κ3) is 6.25. The molecule has 0 saturated carbocycles. The zero-order valence-corrected chi connectivity index (χ0v) is 21.3. The van der Waals surface area contributed by atoms with Crippen LogP contribution in [0.1, 0.15) is 67.4 Å². The maximum absolute atomic E-state index is 3.58. The minimum Gasteiger partial charge on any atom is -0.382 e. The summed E-state index contributed by atoms with van der Waals surface area (Å²) in [6.45, 7) is 18.4. The van der Waals surface area contributed by atoms with Crippen molar-refractivity contribution < 1.29 is 0 Å². The Morgan fingerprint density at radius 2 is 0.969 bits per heavy atom. The predicted octanol–water partition coefficient (Wildman–Crippen LogP) is 9.19. The summed E-state index contributed by atoms with van der Waals surface area (Å²) in [5.74, 6) is 0.612. The number of hydrogen-bond donors (Lipinski definition) is 1. The smallest absolute Gasteiger partial charge is 0.0342 e. The molecule has 0 radical (unpaired) electrons. The summed E-state index contributed by atoms with van der Waals surface area (Å²) in [7, 11) is 0. The molecular weight excluding hydrogens is 386 g/mol.